The first-order valence-electron chi connectivity index (χ1n) is 0.378. The summed E-state index contributed by atoms with van der Waals surface area (Å²) in [5.41, 5.74) is 0. The maximum atomic E-state index is 3.26. The fourth-order valence-electron chi connectivity index (χ4n) is 0. The molecule has 0 saturated heterocycles. The molecule has 0 atom stereocenters. The zero-order chi connectivity index (χ0) is 2.71. The molecule has 0 aromatic rings. The third-order valence-electron chi connectivity index (χ3n) is 0. The standard InChI is InChI=1S/2BrH.2H2O.Pb/h2*1H;2*1H2;/q;;;;+2/p-2. The van der Waals surface area contributed by atoms with Crippen LogP contribution in [-0.2, 0) is 0 Å². The van der Waals surface area contributed by atoms with Crippen molar-refractivity contribution in [3.05, 3.63) is 0 Å². The molecule has 0 heterocycles. The van der Waals surface area contributed by atoms with E-state index in [1.54, 1.807) is 0 Å². The van der Waals surface area contributed by atoms with Crippen molar-refractivity contribution in [2.24, 2.45) is 0 Å². The predicted molar refractivity (Wildman–Crippen MR) is 30.8 cm³/mol. The number of hydrogen-bond acceptors (Lipinski definition) is 0. The van der Waals surface area contributed by atoms with Crippen molar-refractivity contribution in [1.29, 1.82) is 0 Å². The summed E-state index contributed by atoms with van der Waals surface area (Å²) in [6.07, 6.45) is 0. The molecule has 0 aliphatic carbocycles. The fraction of sp³-hybridized carbons (Fsp3) is 0. The molecule has 5 heavy (non-hydrogen) atoms. The molecule has 0 aliphatic heterocycles. The molecule has 4 N–H and O–H groups in total. The Morgan fingerprint density at radius 1 is 1.00 bits per heavy atom. The molecule has 0 bridgehead atoms. The van der Waals surface area contributed by atoms with Gasteiger partial charge in [-0.1, -0.05) is 0 Å². The van der Waals surface area contributed by atoms with E-state index in [-0.39, 0.29) is 30.4 Å². The van der Waals surface area contributed by atoms with Crippen molar-refractivity contribution in [2.75, 3.05) is 0 Å². The van der Waals surface area contributed by atoms with E-state index >= 15 is 0 Å². The van der Waals surface area contributed by atoms with Crippen molar-refractivity contribution in [1.82, 2.24) is 0 Å². The van der Waals surface area contributed by atoms with Crippen LogP contribution in [0.4, 0.5) is 0 Å². The maximum absolute atomic E-state index is 3.26. The van der Waals surface area contributed by atoms with Crippen LogP contribution in [0, 0.1) is 0 Å². The van der Waals surface area contributed by atoms with E-state index in [1.165, 1.54) is 0 Å². The Bertz CT molecular complexity index is 7.61. The summed E-state index contributed by atoms with van der Waals surface area (Å²) in [6.45, 7) is 0. The van der Waals surface area contributed by atoms with Gasteiger partial charge >= 0.3 is 43.4 Å². The van der Waals surface area contributed by atoms with Gasteiger partial charge in [0.05, 0.1) is 0 Å². The molecule has 0 aromatic carbocycles. The molecule has 5 heteroatoms. The molecule has 0 fully saturated rings. The van der Waals surface area contributed by atoms with E-state index < -0.39 is 0 Å². The predicted octanol–water partition coefficient (Wildman–Crippen LogP) is -0.339. The zero-order valence-electron chi connectivity index (χ0n) is 2.26. The van der Waals surface area contributed by atoms with Gasteiger partial charge < -0.3 is 11.0 Å². The van der Waals surface area contributed by atoms with E-state index in [0.717, 1.165) is 0 Å². The van der Waals surface area contributed by atoms with Crippen LogP contribution in [0.5, 0.6) is 0 Å². The Hall–Kier alpha value is 1.80. The minimum atomic E-state index is -0.292. The molecule has 0 aromatic heterocycles. The molecule has 2 nitrogen and oxygen atoms in total. The second-order valence-corrected chi connectivity index (χ2v) is 16.9. The Balaban J connectivity index is -0.0000000200. The average Bonchev–Trinajstić information content (AvgIpc) is 0.918. The summed E-state index contributed by atoms with van der Waals surface area (Å²) in [7, 11) is 0. The van der Waals surface area contributed by atoms with Gasteiger partial charge in [-0.15, -0.1) is 0 Å². The number of rotatable bonds is 0. The van der Waals surface area contributed by atoms with Crippen molar-refractivity contribution >= 4 is 43.4 Å². The molecule has 0 unspecified atom stereocenters. The third-order valence-corrected chi connectivity index (χ3v) is 0. The van der Waals surface area contributed by atoms with Gasteiger partial charge in [-0.25, -0.2) is 0 Å². The molecular weight excluding hydrogens is 399 g/mol. The molecule has 0 amide bonds. The second-order valence-electron chi connectivity index (χ2n) is 0.0714. The third kappa shape index (κ3) is 25.8. The number of hydrogen-bond donors (Lipinski definition) is 0. The van der Waals surface area contributed by atoms with Gasteiger partial charge in [0.15, 0.2) is 0 Å². The Morgan fingerprint density at radius 3 is 1.00 bits per heavy atom. The topological polar surface area (TPSA) is 63.0 Å². The van der Waals surface area contributed by atoms with Crippen LogP contribution in [-0.4, -0.2) is 30.4 Å². The van der Waals surface area contributed by atoms with Gasteiger partial charge in [0, 0.05) is 0 Å². The van der Waals surface area contributed by atoms with Crippen LogP contribution >= 0.6 is 24.0 Å². The molecule has 0 spiro atoms. The normalized spacial score (nSPS) is 3.60. The Kier molecular flexibility index (Phi) is 54.0. The first kappa shape index (κ1) is 15.8. The van der Waals surface area contributed by atoms with Crippen LogP contribution in [0.2, 0.25) is 0 Å². The minimum absolute atomic E-state index is 0. The summed E-state index contributed by atoms with van der Waals surface area (Å²) in [6, 6.07) is 0. The van der Waals surface area contributed by atoms with Crippen LogP contribution in [0.1, 0.15) is 0 Å². The molecule has 0 aliphatic rings. The van der Waals surface area contributed by atoms with Gasteiger partial charge in [0.25, 0.3) is 0 Å². The van der Waals surface area contributed by atoms with E-state index in [4.69, 9.17) is 0 Å². The van der Waals surface area contributed by atoms with Crippen LogP contribution in [0.15, 0.2) is 0 Å². The monoisotopic (exact) mass is 402 g/mol. The summed E-state index contributed by atoms with van der Waals surface area (Å²) in [5.74, 6) is 0. The molecule has 0 rings (SSSR count). The Morgan fingerprint density at radius 2 is 1.00 bits per heavy atom. The van der Waals surface area contributed by atoms with Gasteiger partial charge in [0.1, 0.15) is 0 Å². The molecule has 2 radical (unpaired) electrons. The van der Waals surface area contributed by atoms with E-state index in [1.807, 2.05) is 0 Å². The summed E-state index contributed by atoms with van der Waals surface area (Å²) in [5, 5.41) is 0. The quantitative estimate of drug-likeness (QED) is 0.498. The van der Waals surface area contributed by atoms with Crippen molar-refractivity contribution in [3.8, 4) is 0 Å². The molecule has 34 valence electrons. The van der Waals surface area contributed by atoms with Crippen molar-refractivity contribution in [2.45, 2.75) is 0 Å². The SMILES string of the molecule is O.O.[Br][Pb][Br]. The second kappa shape index (κ2) is 17.0. The Labute approximate surface area is 53.8 Å². The number of halogens is 2. The van der Waals surface area contributed by atoms with E-state index in [2.05, 4.69) is 24.0 Å². The first-order chi connectivity index (χ1) is 1.41. The average molecular weight is 403 g/mol. The van der Waals surface area contributed by atoms with Crippen molar-refractivity contribution in [3.63, 3.8) is 0 Å². The summed E-state index contributed by atoms with van der Waals surface area (Å²) in [4.78, 5) is 0. The fourth-order valence-corrected chi connectivity index (χ4v) is 0. The molecule has 0 saturated carbocycles. The zero-order valence-corrected chi connectivity index (χ0v) is 9.32. The van der Waals surface area contributed by atoms with Gasteiger partial charge in [-0.05, 0) is 0 Å². The van der Waals surface area contributed by atoms with Gasteiger partial charge in [0.2, 0.25) is 0 Å². The first-order valence-corrected chi connectivity index (χ1v) is 17.2. The van der Waals surface area contributed by atoms with Crippen LogP contribution in [0.3, 0.4) is 0 Å². The van der Waals surface area contributed by atoms with Crippen molar-refractivity contribution < 1.29 is 11.0 Å². The van der Waals surface area contributed by atoms with Crippen LogP contribution in [0.25, 0.3) is 0 Å². The summed E-state index contributed by atoms with van der Waals surface area (Å²) >= 11 is 6.22. The van der Waals surface area contributed by atoms with E-state index in [0.29, 0.717) is 0 Å². The van der Waals surface area contributed by atoms with Gasteiger partial charge in [-0.3, -0.25) is 0 Å². The van der Waals surface area contributed by atoms with E-state index in [9.17, 15) is 0 Å². The van der Waals surface area contributed by atoms with Crippen LogP contribution < -0.4 is 0 Å². The summed E-state index contributed by atoms with van der Waals surface area (Å²) < 4.78 is 0. The molecular formula is H4Br2O2Pb. The van der Waals surface area contributed by atoms with Gasteiger partial charge in [-0.2, -0.15) is 0 Å².